The third-order valence-electron chi connectivity index (χ3n) is 4.12. The van der Waals surface area contributed by atoms with Crippen molar-refractivity contribution in [3.05, 3.63) is 28.3 Å². The first-order chi connectivity index (χ1) is 8.35. The van der Waals surface area contributed by atoms with Gasteiger partial charge in [0.25, 0.3) is 0 Å². The van der Waals surface area contributed by atoms with Crippen LogP contribution in [0.25, 0.3) is 0 Å². The molecule has 2 rings (SSSR count). The quantitative estimate of drug-likeness (QED) is 0.826. The SMILES string of the molecule is Cc1cc(S(=O)(=O)N2CCCC2)c(C)c(C)c1C. The Hall–Kier alpha value is -0.870. The maximum absolute atomic E-state index is 12.6. The number of rotatable bonds is 2. The third kappa shape index (κ3) is 2.08. The van der Waals surface area contributed by atoms with Gasteiger partial charge in [0.05, 0.1) is 4.90 Å². The zero-order valence-electron chi connectivity index (χ0n) is 11.6. The minimum Gasteiger partial charge on any atom is -0.207 e. The highest BCUT2D eigenvalue weighted by Gasteiger charge is 2.29. The molecule has 1 aromatic carbocycles. The van der Waals surface area contributed by atoms with Gasteiger partial charge < -0.3 is 0 Å². The van der Waals surface area contributed by atoms with Gasteiger partial charge in [-0.2, -0.15) is 4.31 Å². The van der Waals surface area contributed by atoms with Crippen molar-refractivity contribution in [2.75, 3.05) is 13.1 Å². The largest absolute Gasteiger partial charge is 0.243 e. The summed E-state index contributed by atoms with van der Waals surface area (Å²) in [6.45, 7) is 9.25. The first kappa shape index (κ1) is 13.6. The summed E-state index contributed by atoms with van der Waals surface area (Å²) in [6.07, 6.45) is 1.95. The smallest absolute Gasteiger partial charge is 0.207 e. The molecule has 4 heteroatoms. The summed E-state index contributed by atoms with van der Waals surface area (Å²) < 4.78 is 26.8. The van der Waals surface area contributed by atoms with Gasteiger partial charge in [0.2, 0.25) is 10.0 Å². The highest BCUT2D eigenvalue weighted by atomic mass is 32.2. The van der Waals surface area contributed by atoms with Crippen molar-refractivity contribution in [2.45, 2.75) is 45.4 Å². The second-order valence-corrected chi connectivity index (χ2v) is 7.08. The highest BCUT2D eigenvalue weighted by Crippen LogP contribution is 2.28. The van der Waals surface area contributed by atoms with Gasteiger partial charge in [-0.05, 0) is 68.9 Å². The normalized spacial score (nSPS) is 17.3. The van der Waals surface area contributed by atoms with Crippen LogP contribution in [0.4, 0.5) is 0 Å². The number of sulfonamides is 1. The van der Waals surface area contributed by atoms with Gasteiger partial charge in [-0.15, -0.1) is 0 Å². The molecule has 0 unspecified atom stereocenters. The molecule has 1 aliphatic heterocycles. The molecule has 0 spiro atoms. The van der Waals surface area contributed by atoms with E-state index in [1.54, 1.807) is 4.31 Å². The van der Waals surface area contributed by atoms with Crippen LogP contribution < -0.4 is 0 Å². The van der Waals surface area contributed by atoms with Gasteiger partial charge in [0.1, 0.15) is 0 Å². The first-order valence-corrected chi connectivity index (χ1v) is 7.87. The lowest BCUT2D eigenvalue weighted by Gasteiger charge is -2.20. The summed E-state index contributed by atoms with van der Waals surface area (Å²) in [5.41, 5.74) is 4.22. The maximum atomic E-state index is 12.6. The molecule has 0 amide bonds. The van der Waals surface area contributed by atoms with E-state index in [1.165, 1.54) is 5.56 Å². The minimum atomic E-state index is -3.30. The Kier molecular flexibility index (Phi) is 3.52. The van der Waals surface area contributed by atoms with Crippen LogP contribution in [0.3, 0.4) is 0 Å². The Morgan fingerprint density at radius 1 is 0.944 bits per heavy atom. The topological polar surface area (TPSA) is 37.4 Å². The lowest BCUT2D eigenvalue weighted by atomic mass is 10.00. The van der Waals surface area contributed by atoms with E-state index >= 15 is 0 Å². The average Bonchev–Trinajstić information content (AvgIpc) is 2.85. The van der Waals surface area contributed by atoms with Crippen LogP contribution >= 0.6 is 0 Å². The highest BCUT2D eigenvalue weighted by molar-refractivity contribution is 7.89. The fraction of sp³-hybridized carbons (Fsp3) is 0.571. The van der Waals surface area contributed by atoms with E-state index in [-0.39, 0.29) is 0 Å². The zero-order chi connectivity index (χ0) is 13.5. The maximum Gasteiger partial charge on any atom is 0.243 e. The molecule has 0 aliphatic carbocycles. The van der Waals surface area contributed by atoms with Crippen LogP contribution in [0.2, 0.25) is 0 Å². The molecule has 0 bridgehead atoms. The molecule has 1 aliphatic rings. The van der Waals surface area contributed by atoms with Crippen molar-refractivity contribution in [1.29, 1.82) is 0 Å². The summed E-state index contributed by atoms with van der Waals surface area (Å²) in [7, 11) is -3.30. The van der Waals surface area contributed by atoms with E-state index in [4.69, 9.17) is 0 Å². The van der Waals surface area contributed by atoms with Crippen molar-refractivity contribution in [2.24, 2.45) is 0 Å². The van der Waals surface area contributed by atoms with Gasteiger partial charge in [-0.25, -0.2) is 8.42 Å². The summed E-state index contributed by atoms with van der Waals surface area (Å²) in [5.74, 6) is 0. The standard InChI is InChI=1S/C14H21NO2S/c1-10-9-14(13(4)12(3)11(10)2)18(16,17)15-7-5-6-8-15/h9H,5-8H2,1-4H3. The van der Waals surface area contributed by atoms with Gasteiger partial charge in [0.15, 0.2) is 0 Å². The monoisotopic (exact) mass is 267 g/mol. The third-order valence-corrected chi connectivity index (χ3v) is 6.14. The van der Waals surface area contributed by atoms with E-state index < -0.39 is 10.0 Å². The Morgan fingerprint density at radius 2 is 1.50 bits per heavy atom. The van der Waals surface area contributed by atoms with E-state index in [2.05, 4.69) is 0 Å². The second kappa shape index (κ2) is 4.67. The summed E-state index contributed by atoms with van der Waals surface area (Å²) in [6, 6.07) is 1.82. The molecule has 100 valence electrons. The molecule has 1 heterocycles. The minimum absolute atomic E-state index is 0.491. The molecular formula is C14H21NO2S. The van der Waals surface area contributed by atoms with Crippen molar-refractivity contribution < 1.29 is 8.42 Å². The predicted octanol–water partition coefficient (Wildman–Crippen LogP) is 2.70. The fourth-order valence-electron chi connectivity index (χ4n) is 2.51. The second-order valence-electron chi connectivity index (χ2n) is 5.18. The number of nitrogens with zero attached hydrogens (tertiary/aromatic N) is 1. The summed E-state index contributed by atoms with van der Waals surface area (Å²) in [4.78, 5) is 0.491. The van der Waals surface area contributed by atoms with Gasteiger partial charge in [-0.3, -0.25) is 0 Å². The molecule has 1 fully saturated rings. The Bertz CT molecular complexity index is 570. The first-order valence-electron chi connectivity index (χ1n) is 6.43. The van der Waals surface area contributed by atoms with Crippen LogP contribution in [0.5, 0.6) is 0 Å². The average molecular weight is 267 g/mol. The predicted molar refractivity (Wildman–Crippen MR) is 73.4 cm³/mol. The summed E-state index contributed by atoms with van der Waals surface area (Å²) >= 11 is 0. The Morgan fingerprint density at radius 3 is 2.06 bits per heavy atom. The number of benzene rings is 1. The lowest BCUT2D eigenvalue weighted by Crippen LogP contribution is -2.28. The number of hydrogen-bond donors (Lipinski definition) is 0. The van der Waals surface area contributed by atoms with E-state index in [1.807, 2.05) is 33.8 Å². The molecule has 0 saturated carbocycles. The molecule has 3 nitrogen and oxygen atoms in total. The Balaban J connectivity index is 2.58. The van der Waals surface area contributed by atoms with Gasteiger partial charge >= 0.3 is 0 Å². The van der Waals surface area contributed by atoms with Crippen molar-refractivity contribution >= 4 is 10.0 Å². The van der Waals surface area contributed by atoms with Crippen LogP contribution in [-0.4, -0.2) is 25.8 Å². The van der Waals surface area contributed by atoms with Crippen molar-refractivity contribution in [3.63, 3.8) is 0 Å². The van der Waals surface area contributed by atoms with Crippen LogP contribution in [0.15, 0.2) is 11.0 Å². The number of hydrogen-bond acceptors (Lipinski definition) is 2. The van der Waals surface area contributed by atoms with Gasteiger partial charge in [0, 0.05) is 13.1 Å². The molecule has 18 heavy (non-hydrogen) atoms. The van der Waals surface area contributed by atoms with Crippen molar-refractivity contribution in [1.82, 2.24) is 4.31 Å². The van der Waals surface area contributed by atoms with Crippen LogP contribution in [0.1, 0.15) is 35.1 Å². The molecule has 1 aromatic rings. The molecule has 0 atom stereocenters. The zero-order valence-corrected chi connectivity index (χ0v) is 12.4. The number of aryl methyl sites for hydroxylation is 1. The Labute approximate surface area is 110 Å². The molecule has 0 N–H and O–H groups in total. The van der Waals surface area contributed by atoms with Crippen molar-refractivity contribution in [3.8, 4) is 0 Å². The molecular weight excluding hydrogens is 246 g/mol. The van der Waals surface area contributed by atoms with Crippen LogP contribution in [-0.2, 0) is 10.0 Å². The molecule has 1 saturated heterocycles. The fourth-order valence-corrected chi connectivity index (χ4v) is 4.39. The molecule has 0 radical (unpaired) electrons. The lowest BCUT2D eigenvalue weighted by molar-refractivity contribution is 0.477. The van der Waals surface area contributed by atoms with Crippen LogP contribution in [0, 0.1) is 27.7 Å². The van der Waals surface area contributed by atoms with E-state index in [0.717, 1.165) is 29.5 Å². The molecule has 0 aromatic heterocycles. The van der Waals surface area contributed by atoms with Gasteiger partial charge in [-0.1, -0.05) is 0 Å². The van der Waals surface area contributed by atoms with E-state index in [9.17, 15) is 8.42 Å². The summed E-state index contributed by atoms with van der Waals surface area (Å²) in [5, 5.41) is 0. The van der Waals surface area contributed by atoms with E-state index in [0.29, 0.717) is 18.0 Å².